The highest BCUT2D eigenvalue weighted by molar-refractivity contribution is 7.99. The number of fused-ring (bicyclic) bond motifs is 1. The van der Waals surface area contributed by atoms with Gasteiger partial charge in [0.05, 0.1) is 22.2 Å². The molecule has 1 N–H and O–H groups in total. The van der Waals surface area contributed by atoms with E-state index in [0.717, 1.165) is 17.3 Å². The SMILES string of the molecule is O=[N+]([O-])c1ccc2nc(SC[C@@H]3CCCCN3)cnc2c1. The summed E-state index contributed by atoms with van der Waals surface area (Å²) >= 11 is 1.68. The number of aromatic nitrogens is 2. The van der Waals surface area contributed by atoms with Crippen LogP contribution in [0.25, 0.3) is 11.0 Å². The summed E-state index contributed by atoms with van der Waals surface area (Å²) in [6.07, 6.45) is 5.45. The van der Waals surface area contributed by atoms with E-state index in [4.69, 9.17) is 0 Å². The monoisotopic (exact) mass is 304 g/mol. The Morgan fingerprint density at radius 2 is 2.29 bits per heavy atom. The third-order valence-electron chi connectivity index (χ3n) is 3.56. The number of piperidine rings is 1. The van der Waals surface area contributed by atoms with Crippen molar-refractivity contribution in [3.63, 3.8) is 0 Å². The van der Waals surface area contributed by atoms with Gasteiger partial charge < -0.3 is 5.32 Å². The first-order valence-corrected chi connectivity index (χ1v) is 7.98. The Bertz CT molecular complexity index is 658. The second-order valence-electron chi connectivity index (χ2n) is 5.10. The van der Waals surface area contributed by atoms with Gasteiger partial charge in [0.1, 0.15) is 5.03 Å². The zero-order valence-electron chi connectivity index (χ0n) is 11.5. The lowest BCUT2D eigenvalue weighted by Crippen LogP contribution is -2.35. The fourth-order valence-electron chi connectivity index (χ4n) is 2.42. The molecule has 1 saturated heterocycles. The van der Waals surface area contributed by atoms with Gasteiger partial charge in [0.15, 0.2) is 0 Å². The fourth-order valence-corrected chi connectivity index (χ4v) is 3.36. The Morgan fingerprint density at radius 1 is 1.38 bits per heavy atom. The number of nitro benzene ring substituents is 1. The van der Waals surface area contributed by atoms with Crippen molar-refractivity contribution in [2.24, 2.45) is 0 Å². The molecule has 110 valence electrons. The molecule has 1 fully saturated rings. The minimum absolute atomic E-state index is 0.0450. The van der Waals surface area contributed by atoms with Crippen LogP contribution in [0.5, 0.6) is 0 Å². The average Bonchev–Trinajstić information content (AvgIpc) is 2.53. The molecule has 0 saturated carbocycles. The molecule has 1 atom stereocenters. The number of benzene rings is 1. The van der Waals surface area contributed by atoms with Crippen LogP contribution in [0.1, 0.15) is 19.3 Å². The second kappa shape index (κ2) is 6.36. The summed E-state index contributed by atoms with van der Waals surface area (Å²) in [4.78, 5) is 19.1. The molecule has 21 heavy (non-hydrogen) atoms. The Labute approximate surface area is 126 Å². The molecule has 1 aliphatic heterocycles. The summed E-state index contributed by atoms with van der Waals surface area (Å²) in [5, 5.41) is 15.1. The topological polar surface area (TPSA) is 81.0 Å². The molecule has 2 aromatic rings. The molecule has 1 aromatic heterocycles. The van der Waals surface area contributed by atoms with Gasteiger partial charge in [-0.15, -0.1) is 11.8 Å². The highest BCUT2D eigenvalue weighted by Gasteiger charge is 2.13. The molecule has 0 spiro atoms. The van der Waals surface area contributed by atoms with Crippen molar-refractivity contribution in [2.75, 3.05) is 12.3 Å². The zero-order chi connectivity index (χ0) is 14.7. The molecule has 0 aliphatic carbocycles. The molecule has 1 aromatic carbocycles. The van der Waals surface area contributed by atoms with Crippen LogP contribution in [0.4, 0.5) is 5.69 Å². The highest BCUT2D eigenvalue weighted by atomic mass is 32.2. The quantitative estimate of drug-likeness (QED) is 0.531. The Kier molecular flexibility index (Phi) is 4.31. The molecule has 0 bridgehead atoms. The summed E-state index contributed by atoms with van der Waals surface area (Å²) in [7, 11) is 0. The Morgan fingerprint density at radius 3 is 3.05 bits per heavy atom. The van der Waals surface area contributed by atoms with Crippen LogP contribution >= 0.6 is 11.8 Å². The highest BCUT2D eigenvalue weighted by Crippen LogP contribution is 2.23. The Hall–Kier alpha value is -1.73. The minimum Gasteiger partial charge on any atom is -0.313 e. The molecule has 2 heterocycles. The van der Waals surface area contributed by atoms with E-state index < -0.39 is 4.92 Å². The molecule has 1 aliphatic rings. The lowest BCUT2D eigenvalue weighted by molar-refractivity contribution is -0.384. The lowest BCUT2D eigenvalue weighted by atomic mass is 10.1. The normalized spacial score (nSPS) is 18.8. The number of hydrogen-bond donors (Lipinski definition) is 1. The van der Waals surface area contributed by atoms with Crippen LogP contribution in [0.3, 0.4) is 0 Å². The fraction of sp³-hybridized carbons (Fsp3) is 0.429. The molecule has 7 heteroatoms. The summed E-state index contributed by atoms with van der Waals surface area (Å²) < 4.78 is 0. The van der Waals surface area contributed by atoms with E-state index in [2.05, 4.69) is 15.3 Å². The molecule has 0 unspecified atom stereocenters. The van der Waals surface area contributed by atoms with Crippen molar-refractivity contribution >= 4 is 28.5 Å². The first kappa shape index (κ1) is 14.2. The van der Waals surface area contributed by atoms with Crippen LogP contribution in [0.2, 0.25) is 0 Å². The van der Waals surface area contributed by atoms with E-state index >= 15 is 0 Å². The van der Waals surface area contributed by atoms with Crippen molar-refractivity contribution < 1.29 is 4.92 Å². The zero-order valence-corrected chi connectivity index (χ0v) is 12.3. The maximum atomic E-state index is 10.7. The van der Waals surface area contributed by atoms with Crippen molar-refractivity contribution in [3.8, 4) is 0 Å². The number of nitrogens with one attached hydrogen (secondary N) is 1. The molecule has 0 amide bonds. The minimum atomic E-state index is -0.418. The van der Waals surface area contributed by atoms with E-state index in [1.165, 1.54) is 31.4 Å². The molecule has 3 rings (SSSR count). The van der Waals surface area contributed by atoms with Crippen LogP contribution in [-0.4, -0.2) is 33.2 Å². The van der Waals surface area contributed by atoms with Gasteiger partial charge in [-0.1, -0.05) is 6.42 Å². The van der Waals surface area contributed by atoms with E-state index in [1.54, 1.807) is 24.0 Å². The van der Waals surface area contributed by atoms with E-state index in [-0.39, 0.29) is 5.69 Å². The summed E-state index contributed by atoms with van der Waals surface area (Å²) in [6.45, 7) is 1.10. The van der Waals surface area contributed by atoms with Gasteiger partial charge in [-0.25, -0.2) is 4.98 Å². The van der Waals surface area contributed by atoms with Crippen LogP contribution in [0.15, 0.2) is 29.4 Å². The predicted octanol–water partition coefficient (Wildman–Crippen LogP) is 2.77. The van der Waals surface area contributed by atoms with E-state index in [1.807, 2.05) is 0 Å². The van der Waals surface area contributed by atoms with Gasteiger partial charge in [0.25, 0.3) is 5.69 Å². The maximum Gasteiger partial charge on any atom is 0.271 e. The summed E-state index contributed by atoms with van der Waals surface area (Å²) in [6, 6.07) is 5.12. The lowest BCUT2D eigenvalue weighted by Gasteiger charge is -2.22. The van der Waals surface area contributed by atoms with Gasteiger partial charge in [0.2, 0.25) is 0 Å². The van der Waals surface area contributed by atoms with Crippen molar-refractivity contribution in [3.05, 3.63) is 34.5 Å². The maximum absolute atomic E-state index is 10.7. The van der Waals surface area contributed by atoms with Crippen LogP contribution in [-0.2, 0) is 0 Å². The summed E-state index contributed by atoms with van der Waals surface area (Å²) in [5.41, 5.74) is 1.30. The largest absolute Gasteiger partial charge is 0.313 e. The molecular weight excluding hydrogens is 288 g/mol. The third kappa shape index (κ3) is 3.48. The van der Waals surface area contributed by atoms with Crippen molar-refractivity contribution in [2.45, 2.75) is 30.3 Å². The summed E-state index contributed by atoms with van der Waals surface area (Å²) in [5.74, 6) is 0.979. The van der Waals surface area contributed by atoms with Crippen LogP contribution < -0.4 is 5.32 Å². The van der Waals surface area contributed by atoms with Crippen molar-refractivity contribution in [1.82, 2.24) is 15.3 Å². The predicted molar refractivity (Wildman–Crippen MR) is 82.6 cm³/mol. The molecular formula is C14H16N4O2S. The average molecular weight is 304 g/mol. The van der Waals surface area contributed by atoms with Crippen LogP contribution in [0, 0.1) is 10.1 Å². The number of rotatable bonds is 4. The standard InChI is InChI=1S/C14H16N4O2S/c19-18(20)11-4-5-12-13(7-11)16-8-14(17-12)21-9-10-3-1-2-6-15-10/h4-5,7-8,10,15H,1-3,6,9H2/t10-/m0/s1. The number of non-ortho nitro benzene ring substituents is 1. The smallest absolute Gasteiger partial charge is 0.271 e. The van der Waals surface area contributed by atoms with Gasteiger partial charge in [-0.2, -0.15) is 0 Å². The number of hydrogen-bond acceptors (Lipinski definition) is 6. The van der Waals surface area contributed by atoms with Gasteiger partial charge in [0, 0.05) is 23.9 Å². The number of thioether (sulfide) groups is 1. The first-order chi connectivity index (χ1) is 10.2. The van der Waals surface area contributed by atoms with E-state index in [9.17, 15) is 10.1 Å². The molecule has 6 nitrogen and oxygen atoms in total. The van der Waals surface area contributed by atoms with Gasteiger partial charge in [-0.05, 0) is 25.5 Å². The number of nitro groups is 1. The number of nitrogens with zero attached hydrogens (tertiary/aromatic N) is 3. The van der Waals surface area contributed by atoms with Gasteiger partial charge in [-0.3, -0.25) is 15.1 Å². The first-order valence-electron chi connectivity index (χ1n) is 7.00. The molecule has 0 radical (unpaired) electrons. The third-order valence-corrected chi connectivity index (χ3v) is 4.62. The van der Waals surface area contributed by atoms with Crippen molar-refractivity contribution in [1.29, 1.82) is 0 Å². The van der Waals surface area contributed by atoms with E-state index in [0.29, 0.717) is 17.1 Å². The Balaban J connectivity index is 1.71. The second-order valence-corrected chi connectivity index (χ2v) is 6.14. The van der Waals surface area contributed by atoms with Gasteiger partial charge >= 0.3 is 0 Å².